The first-order valence-corrected chi connectivity index (χ1v) is 1.80. The van der Waals surface area contributed by atoms with E-state index < -0.39 is 11.8 Å². The largest absolute Gasteiger partial charge is 0.501 e. The summed E-state index contributed by atoms with van der Waals surface area (Å²) in [6.07, 6.45) is 0.516. The molecular formula is C4H5FO3. The molecule has 0 aromatic carbocycles. The summed E-state index contributed by atoms with van der Waals surface area (Å²) in [5.74, 6) is -2.92. The number of halogens is 1. The Kier molecular flexibility index (Phi) is 2.61. The van der Waals surface area contributed by atoms with Crippen molar-refractivity contribution < 1.29 is 19.0 Å². The highest BCUT2D eigenvalue weighted by Crippen LogP contribution is 1.93. The van der Waals surface area contributed by atoms with Crippen LogP contribution in [0, 0.1) is 0 Å². The number of hydrogen-bond donors (Lipinski definition) is 1. The van der Waals surface area contributed by atoms with Crippen molar-refractivity contribution in [2.45, 2.75) is 0 Å². The molecule has 0 aliphatic rings. The van der Waals surface area contributed by atoms with E-state index >= 15 is 0 Å². The first-order valence-electron chi connectivity index (χ1n) is 1.80. The van der Waals surface area contributed by atoms with Gasteiger partial charge in [-0.25, -0.2) is 4.79 Å². The van der Waals surface area contributed by atoms with Crippen LogP contribution in [-0.4, -0.2) is 18.2 Å². The molecule has 0 saturated carbocycles. The molecule has 0 rings (SSSR count). The predicted octanol–water partition coefficient (Wildman–Crippen LogP) is 0.528. The number of hydrogen-bond acceptors (Lipinski definition) is 2. The molecule has 8 heavy (non-hydrogen) atoms. The molecule has 46 valence electrons. The Morgan fingerprint density at radius 3 is 2.50 bits per heavy atom. The SMILES string of the molecule is CO/C=C(/F)C(=O)O. The van der Waals surface area contributed by atoms with Crippen molar-refractivity contribution in [1.29, 1.82) is 0 Å². The molecule has 0 unspecified atom stereocenters. The van der Waals surface area contributed by atoms with Gasteiger partial charge in [0.05, 0.1) is 7.11 Å². The number of aliphatic carboxylic acids is 1. The van der Waals surface area contributed by atoms with Crippen molar-refractivity contribution in [3.05, 3.63) is 12.1 Å². The maximum atomic E-state index is 11.7. The van der Waals surface area contributed by atoms with Gasteiger partial charge in [0.15, 0.2) is 0 Å². The van der Waals surface area contributed by atoms with Crippen LogP contribution >= 0.6 is 0 Å². The fraction of sp³-hybridized carbons (Fsp3) is 0.250. The molecule has 1 N–H and O–H groups in total. The lowest BCUT2D eigenvalue weighted by molar-refractivity contribution is -0.134. The van der Waals surface area contributed by atoms with Gasteiger partial charge >= 0.3 is 5.97 Å². The van der Waals surface area contributed by atoms with E-state index in [-0.39, 0.29) is 0 Å². The van der Waals surface area contributed by atoms with Crippen LogP contribution in [0.3, 0.4) is 0 Å². The van der Waals surface area contributed by atoms with E-state index in [2.05, 4.69) is 4.74 Å². The molecule has 0 spiro atoms. The van der Waals surface area contributed by atoms with Crippen LogP contribution in [0.4, 0.5) is 4.39 Å². The molecule has 0 atom stereocenters. The van der Waals surface area contributed by atoms with Gasteiger partial charge in [0.25, 0.3) is 0 Å². The topological polar surface area (TPSA) is 46.5 Å². The lowest BCUT2D eigenvalue weighted by Gasteiger charge is -1.85. The van der Waals surface area contributed by atoms with Crippen molar-refractivity contribution in [3.8, 4) is 0 Å². The first kappa shape index (κ1) is 6.94. The van der Waals surface area contributed by atoms with Crippen molar-refractivity contribution in [2.24, 2.45) is 0 Å². The molecule has 0 aromatic rings. The first-order chi connectivity index (χ1) is 3.68. The molecule has 0 heterocycles. The van der Waals surface area contributed by atoms with Crippen LogP contribution in [0.5, 0.6) is 0 Å². The predicted molar refractivity (Wildman–Crippen MR) is 23.8 cm³/mol. The summed E-state index contributed by atoms with van der Waals surface area (Å²) >= 11 is 0. The molecule has 0 radical (unpaired) electrons. The average molecular weight is 120 g/mol. The fourth-order valence-corrected chi connectivity index (χ4v) is 0.154. The number of carboxylic acid groups (broad SMARTS) is 1. The van der Waals surface area contributed by atoms with Gasteiger partial charge in [-0.3, -0.25) is 0 Å². The van der Waals surface area contributed by atoms with Crippen LogP contribution in [0.2, 0.25) is 0 Å². The zero-order chi connectivity index (χ0) is 6.57. The van der Waals surface area contributed by atoms with Crippen molar-refractivity contribution >= 4 is 5.97 Å². The summed E-state index contributed by atoms with van der Waals surface area (Å²) in [4.78, 5) is 9.57. The Morgan fingerprint density at radius 1 is 1.88 bits per heavy atom. The normalized spacial score (nSPS) is 11.0. The minimum Gasteiger partial charge on any atom is -0.501 e. The van der Waals surface area contributed by atoms with Gasteiger partial charge in [-0.2, -0.15) is 4.39 Å². The standard InChI is InChI=1S/C4H5FO3/c1-8-2-3(5)4(6)7/h2H,1H3,(H,6,7)/b3-2+. The second-order valence-corrected chi connectivity index (χ2v) is 1.01. The molecular weight excluding hydrogens is 115 g/mol. The zero-order valence-corrected chi connectivity index (χ0v) is 4.22. The van der Waals surface area contributed by atoms with Crippen molar-refractivity contribution in [3.63, 3.8) is 0 Å². The van der Waals surface area contributed by atoms with Crippen molar-refractivity contribution in [2.75, 3.05) is 7.11 Å². The van der Waals surface area contributed by atoms with Crippen LogP contribution in [-0.2, 0) is 9.53 Å². The third kappa shape index (κ3) is 2.17. The van der Waals surface area contributed by atoms with Crippen LogP contribution in [0.25, 0.3) is 0 Å². The second-order valence-electron chi connectivity index (χ2n) is 1.01. The molecule has 0 saturated heterocycles. The highest BCUT2D eigenvalue weighted by atomic mass is 19.1. The van der Waals surface area contributed by atoms with E-state index in [0.29, 0.717) is 6.26 Å². The molecule has 0 amide bonds. The van der Waals surface area contributed by atoms with Gasteiger partial charge in [-0.05, 0) is 0 Å². The third-order valence-corrected chi connectivity index (χ3v) is 0.426. The maximum absolute atomic E-state index is 11.7. The molecule has 4 heteroatoms. The van der Waals surface area contributed by atoms with E-state index in [4.69, 9.17) is 5.11 Å². The van der Waals surface area contributed by atoms with Crippen LogP contribution < -0.4 is 0 Å². The number of ether oxygens (including phenoxy) is 1. The highest BCUT2D eigenvalue weighted by Gasteiger charge is 2.02. The highest BCUT2D eigenvalue weighted by molar-refractivity contribution is 5.83. The van der Waals surface area contributed by atoms with E-state index in [1.807, 2.05) is 0 Å². The van der Waals surface area contributed by atoms with E-state index in [1.165, 1.54) is 7.11 Å². The Bertz CT molecular complexity index is 118. The fourth-order valence-electron chi connectivity index (χ4n) is 0.154. The Hall–Kier alpha value is -1.06. The summed E-state index contributed by atoms with van der Waals surface area (Å²) in [6.45, 7) is 0. The van der Waals surface area contributed by atoms with Gasteiger partial charge in [0.1, 0.15) is 6.26 Å². The number of methoxy groups -OCH3 is 1. The van der Waals surface area contributed by atoms with Gasteiger partial charge in [-0.1, -0.05) is 0 Å². The lowest BCUT2D eigenvalue weighted by Crippen LogP contribution is -1.94. The summed E-state index contributed by atoms with van der Waals surface area (Å²) in [7, 11) is 1.17. The zero-order valence-electron chi connectivity index (χ0n) is 4.22. The van der Waals surface area contributed by atoms with Crippen LogP contribution in [0.1, 0.15) is 0 Å². The summed E-state index contributed by atoms with van der Waals surface area (Å²) < 4.78 is 15.7. The number of carboxylic acids is 1. The van der Waals surface area contributed by atoms with E-state index in [1.54, 1.807) is 0 Å². The Balaban J connectivity index is 3.80. The van der Waals surface area contributed by atoms with Crippen LogP contribution in [0.15, 0.2) is 12.1 Å². The number of rotatable bonds is 2. The molecule has 3 nitrogen and oxygen atoms in total. The third-order valence-electron chi connectivity index (χ3n) is 0.426. The minimum atomic E-state index is -1.62. The van der Waals surface area contributed by atoms with Gasteiger partial charge < -0.3 is 9.84 Å². The molecule has 0 bridgehead atoms. The summed E-state index contributed by atoms with van der Waals surface area (Å²) in [6, 6.07) is 0. The monoisotopic (exact) mass is 120 g/mol. The smallest absolute Gasteiger partial charge is 0.368 e. The molecule has 0 fully saturated rings. The van der Waals surface area contributed by atoms with Gasteiger partial charge in [-0.15, -0.1) is 0 Å². The Morgan fingerprint density at radius 2 is 2.38 bits per heavy atom. The lowest BCUT2D eigenvalue weighted by atomic mass is 10.6. The molecule has 0 aromatic heterocycles. The second kappa shape index (κ2) is 3.01. The average Bonchev–Trinajstić information content (AvgIpc) is 1.67. The minimum absolute atomic E-state index is 0.516. The quantitative estimate of drug-likeness (QED) is 0.427. The summed E-state index contributed by atoms with van der Waals surface area (Å²) in [5.41, 5.74) is 0. The van der Waals surface area contributed by atoms with Gasteiger partial charge in [0.2, 0.25) is 5.83 Å². The Labute approximate surface area is 45.4 Å². The maximum Gasteiger partial charge on any atom is 0.368 e. The van der Waals surface area contributed by atoms with Crippen molar-refractivity contribution in [1.82, 2.24) is 0 Å². The van der Waals surface area contributed by atoms with E-state index in [0.717, 1.165) is 0 Å². The molecule has 0 aliphatic heterocycles. The molecule has 0 aliphatic carbocycles. The van der Waals surface area contributed by atoms with Gasteiger partial charge in [0, 0.05) is 0 Å². The summed E-state index contributed by atoms with van der Waals surface area (Å²) in [5, 5.41) is 7.79. The van der Waals surface area contributed by atoms with E-state index in [9.17, 15) is 9.18 Å². The number of carbonyl (C=O) groups is 1.